The quantitative estimate of drug-likeness (QED) is 0.253. The fraction of sp³-hybridized carbons (Fsp3) is 0.154. The lowest BCUT2D eigenvalue weighted by Crippen LogP contribution is -2.08. The molecule has 0 aliphatic rings. The average molecular weight is 486 g/mol. The number of hydrogen-bond acceptors (Lipinski definition) is 8. The maximum Gasteiger partial charge on any atom is 0.237 e. The highest BCUT2D eigenvalue weighted by atomic mass is 32.2. The number of thioether (sulfide) groups is 1. The third-order valence-electron chi connectivity index (χ3n) is 5.25. The summed E-state index contributed by atoms with van der Waals surface area (Å²) in [5.74, 6) is 3.69. The van der Waals surface area contributed by atoms with Gasteiger partial charge in [-0.15, -0.1) is 10.2 Å². The number of methoxy groups -OCH3 is 1. The van der Waals surface area contributed by atoms with E-state index >= 15 is 0 Å². The summed E-state index contributed by atoms with van der Waals surface area (Å²) in [6.45, 7) is 2.01. The van der Waals surface area contributed by atoms with Crippen LogP contribution < -0.4 is 9.47 Å². The van der Waals surface area contributed by atoms with E-state index in [1.165, 1.54) is 11.8 Å². The molecule has 35 heavy (non-hydrogen) atoms. The Bertz CT molecular complexity index is 1420. The Kier molecular flexibility index (Phi) is 6.76. The van der Waals surface area contributed by atoms with Gasteiger partial charge >= 0.3 is 0 Å². The Morgan fingerprint density at radius 1 is 0.886 bits per heavy atom. The Hall–Kier alpha value is -4.11. The van der Waals surface area contributed by atoms with Crippen molar-refractivity contribution in [2.45, 2.75) is 24.4 Å². The minimum atomic E-state index is 0.217. The Labute approximate surface area is 206 Å². The van der Waals surface area contributed by atoms with E-state index in [-0.39, 0.29) is 6.61 Å². The first-order chi connectivity index (χ1) is 17.2. The van der Waals surface area contributed by atoms with Gasteiger partial charge in [0.25, 0.3) is 0 Å². The monoisotopic (exact) mass is 485 g/mol. The summed E-state index contributed by atoms with van der Waals surface area (Å²) >= 11 is 1.45. The number of benzene rings is 3. The second-order valence-corrected chi connectivity index (χ2v) is 8.52. The molecule has 8 nitrogen and oxygen atoms in total. The third kappa shape index (κ3) is 5.04. The van der Waals surface area contributed by atoms with Crippen molar-refractivity contribution >= 4 is 11.8 Å². The maximum atomic E-state index is 6.28. The Balaban J connectivity index is 1.46. The number of para-hydroxylation sites is 3. The topological polar surface area (TPSA) is 88.1 Å². The molecule has 0 radical (unpaired) electrons. The van der Waals surface area contributed by atoms with Crippen molar-refractivity contribution in [2.24, 2.45) is 0 Å². The standard InChI is InChI=1S/C26H23N5O3S/c1-18-27-25(34-30-18)17-35-26-29-28-24(31(26)21-13-7-9-15-23(21)32-2)16-33-22-14-8-6-12-20(22)19-10-4-3-5-11-19/h3-15H,16-17H2,1-2H3. The van der Waals surface area contributed by atoms with E-state index in [4.69, 9.17) is 14.0 Å². The minimum absolute atomic E-state index is 0.217. The third-order valence-corrected chi connectivity index (χ3v) is 6.16. The highest BCUT2D eigenvalue weighted by molar-refractivity contribution is 7.98. The normalized spacial score (nSPS) is 10.9. The van der Waals surface area contributed by atoms with Crippen LogP contribution in [0, 0.1) is 6.92 Å². The van der Waals surface area contributed by atoms with E-state index in [1.807, 2.05) is 71.3 Å². The smallest absolute Gasteiger partial charge is 0.237 e. The van der Waals surface area contributed by atoms with Gasteiger partial charge in [-0.1, -0.05) is 77.6 Å². The predicted molar refractivity (Wildman–Crippen MR) is 133 cm³/mol. The number of hydrogen-bond donors (Lipinski definition) is 0. The summed E-state index contributed by atoms with van der Waals surface area (Å²) in [6.07, 6.45) is 0. The zero-order valence-corrected chi connectivity index (χ0v) is 20.1. The largest absolute Gasteiger partial charge is 0.495 e. The first-order valence-electron chi connectivity index (χ1n) is 11.0. The van der Waals surface area contributed by atoms with Crippen LogP contribution in [0.3, 0.4) is 0 Å². The van der Waals surface area contributed by atoms with Crippen LogP contribution >= 0.6 is 11.8 Å². The molecule has 0 saturated carbocycles. The van der Waals surface area contributed by atoms with Gasteiger partial charge in [0.2, 0.25) is 5.89 Å². The van der Waals surface area contributed by atoms with Crippen molar-refractivity contribution in [1.82, 2.24) is 24.9 Å². The van der Waals surface area contributed by atoms with Gasteiger partial charge in [0.15, 0.2) is 16.8 Å². The summed E-state index contributed by atoms with van der Waals surface area (Å²) in [5, 5.41) is 13.4. The van der Waals surface area contributed by atoms with Gasteiger partial charge in [-0.05, 0) is 30.7 Å². The average Bonchev–Trinajstić information content (AvgIpc) is 3.52. The van der Waals surface area contributed by atoms with Crippen molar-refractivity contribution in [3.63, 3.8) is 0 Å². The van der Waals surface area contributed by atoms with Gasteiger partial charge in [-0.2, -0.15) is 4.98 Å². The summed E-state index contributed by atoms with van der Waals surface area (Å²) in [6, 6.07) is 25.8. The fourth-order valence-corrected chi connectivity index (χ4v) is 4.46. The second kappa shape index (κ2) is 10.4. The number of aryl methyl sites for hydroxylation is 1. The van der Waals surface area contributed by atoms with Crippen molar-refractivity contribution < 1.29 is 14.0 Å². The number of nitrogens with zero attached hydrogens (tertiary/aromatic N) is 5. The molecule has 0 amide bonds. The van der Waals surface area contributed by atoms with Crippen LogP contribution in [0.25, 0.3) is 16.8 Å². The van der Waals surface area contributed by atoms with Gasteiger partial charge in [0.05, 0.1) is 18.6 Å². The molecular formula is C26H23N5O3S. The first-order valence-corrected chi connectivity index (χ1v) is 12.0. The Morgan fingerprint density at radius 2 is 1.63 bits per heavy atom. The predicted octanol–water partition coefficient (Wildman–Crippen LogP) is 5.51. The highest BCUT2D eigenvalue weighted by Crippen LogP contribution is 2.32. The zero-order chi connectivity index (χ0) is 24.0. The van der Waals surface area contributed by atoms with Crippen LogP contribution in [-0.4, -0.2) is 32.0 Å². The van der Waals surface area contributed by atoms with E-state index in [1.54, 1.807) is 14.0 Å². The second-order valence-electron chi connectivity index (χ2n) is 7.58. The molecule has 0 atom stereocenters. The Morgan fingerprint density at radius 3 is 2.40 bits per heavy atom. The summed E-state index contributed by atoms with van der Waals surface area (Å²) in [4.78, 5) is 4.28. The molecule has 0 aliphatic heterocycles. The van der Waals surface area contributed by atoms with E-state index in [9.17, 15) is 0 Å². The lowest BCUT2D eigenvalue weighted by Gasteiger charge is -2.15. The lowest BCUT2D eigenvalue weighted by molar-refractivity contribution is 0.293. The molecule has 5 rings (SSSR count). The van der Waals surface area contributed by atoms with Gasteiger partial charge in [0.1, 0.15) is 18.1 Å². The molecule has 5 aromatic rings. The number of rotatable bonds is 9. The SMILES string of the molecule is COc1ccccc1-n1c(COc2ccccc2-c2ccccc2)nnc1SCc1nc(C)no1. The van der Waals surface area contributed by atoms with Gasteiger partial charge in [-0.3, -0.25) is 4.57 Å². The van der Waals surface area contributed by atoms with Crippen LogP contribution in [0.5, 0.6) is 11.5 Å². The van der Waals surface area contributed by atoms with Crippen LogP contribution in [0.4, 0.5) is 0 Å². The van der Waals surface area contributed by atoms with E-state index < -0.39 is 0 Å². The van der Waals surface area contributed by atoms with Crippen LogP contribution in [-0.2, 0) is 12.4 Å². The van der Waals surface area contributed by atoms with Gasteiger partial charge in [0, 0.05) is 5.56 Å². The molecule has 2 aromatic heterocycles. The van der Waals surface area contributed by atoms with Crippen molar-refractivity contribution in [3.05, 3.63) is 96.4 Å². The molecule has 0 bridgehead atoms. The molecule has 2 heterocycles. The molecule has 0 unspecified atom stereocenters. The van der Waals surface area contributed by atoms with E-state index in [0.29, 0.717) is 34.2 Å². The highest BCUT2D eigenvalue weighted by Gasteiger charge is 2.19. The number of ether oxygens (including phenoxy) is 2. The first kappa shape index (κ1) is 22.7. The molecular weight excluding hydrogens is 462 g/mol. The van der Waals surface area contributed by atoms with Crippen LogP contribution in [0.2, 0.25) is 0 Å². The summed E-state index contributed by atoms with van der Waals surface area (Å²) in [7, 11) is 1.64. The number of aromatic nitrogens is 5. The van der Waals surface area contributed by atoms with Crippen molar-refractivity contribution in [1.29, 1.82) is 0 Å². The molecule has 9 heteroatoms. The fourth-order valence-electron chi connectivity index (χ4n) is 3.66. The summed E-state index contributed by atoms with van der Waals surface area (Å²) < 4.78 is 19.1. The molecule has 176 valence electrons. The minimum Gasteiger partial charge on any atom is -0.495 e. The molecule has 3 aromatic carbocycles. The lowest BCUT2D eigenvalue weighted by atomic mass is 10.1. The molecule has 0 saturated heterocycles. The van der Waals surface area contributed by atoms with E-state index in [0.717, 1.165) is 22.6 Å². The zero-order valence-electron chi connectivity index (χ0n) is 19.3. The van der Waals surface area contributed by atoms with Crippen molar-refractivity contribution in [2.75, 3.05) is 7.11 Å². The van der Waals surface area contributed by atoms with Crippen molar-refractivity contribution in [3.8, 4) is 28.3 Å². The van der Waals surface area contributed by atoms with Crippen LogP contribution in [0.15, 0.2) is 88.5 Å². The van der Waals surface area contributed by atoms with Gasteiger partial charge < -0.3 is 14.0 Å². The summed E-state index contributed by atoms with van der Waals surface area (Å²) in [5.41, 5.74) is 2.91. The van der Waals surface area contributed by atoms with Gasteiger partial charge in [-0.25, -0.2) is 0 Å². The molecule has 0 fully saturated rings. The molecule has 0 aliphatic carbocycles. The molecule has 0 N–H and O–H groups in total. The molecule has 0 spiro atoms. The maximum absolute atomic E-state index is 6.28. The van der Waals surface area contributed by atoms with E-state index in [2.05, 4.69) is 32.5 Å². The van der Waals surface area contributed by atoms with Crippen LogP contribution in [0.1, 0.15) is 17.5 Å².